The van der Waals surface area contributed by atoms with Crippen LogP contribution in [0, 0.1) is 14.4 Å². The molecule has 0 aliphatic heterocycles. The van der Waals surface area contributed by atoms with Crippen LogP contribution in [-0.4, -0.2) is 0 Å². The molecule has 2 heteroatoms. The van der Waals surface area contributed by atoms with Gasteiger partial charge in [0.25, 0.3) is 0 Å². The summed E-state index contributed by atoms with van der Waals surface area (Å²) in [4.78, 5) is 0. The van der Waals surface area contributed by atoms with Gasteiger partial charge in [0.1, 0.15) is 0 Å². The maximum absolute atomic E-state index is 3.25. The fraction of sp³-hybridized carbons (Fsp3) is 0.667. The van der Waals surface area contributed by atoms with E-state index in [1.54, 1.807) is 6.92 Å². The average Bonchev–Trinajstić information content (AvgIpc) is 1.00. The van der Waals surface area contributed by atoms with Crippen molar-refractivity contribution in [3.05, 3.63) is 14.4 Å². The standard InChI is InChI=1S/C2H5.3CH4.CH3.2Y/c1-2;;;;;;/h1H2,2H3;3*1H4;1H3;;/q-1;;;;-1;;. The average molecular weight is 270 g/mol. The molecule has 0 unspecified atom stereocenters. The van der Waals surface area contributed by atoms with E-state index in [9.17, 15) is 0 Å². The molecule has 0 N–H and O–H groups in total. The van der Waals surface area contributed by atoms with Crippen molar-refractivity contribution in [2.24, 2.45) is 0 Å². The molecule has 0 amide bonds. The first-order valence-corrected chi connectivity index (χ1v) is 0.707. The van der Waals surface area contributed by atoms with Gasteiger partial charge in [-0.25, -0.2) is 0 Å². The molecule has 0 aromatic carbocycles. The summed E-state index contributed by atoms with van der Waals surface area (Å²) in [6.45, 7) is 5.00. The summed E-state index contributed by atoms with van der Waals surface area (Å²) in [5.41, 5.74) is 0. The molecule has 2 radical (unpaired) electrons. The van der Waals surface area contributed by atoms with Crippen molar-refractivity contribution in [1.29, 1.82) is 0 Å². The second-order valence-corrected chi connectivity index (χ2v) is 0. The van der Waals surface area contributed by atoms with Crippen LogP contribution in [0.15, 0.2) is 0 Å². The Hall–Kier alpha value is 2.21. The third-order valence-electron chi connectivity index (χ3n) is 0. The Morgan fingerprint density at radius 2 is 0.750 bits per heavy atom. The molecule has 0 fully saturated rings. The molecule has 0 spiro atoms. The minimum Gasteiger partial charge on any atom is -0.358 e. The predicted molar refractivity (Wildman–Crippen MR) is 37.6 cm³/mol. The van der Waals surface area contributed by atoms with Crippen molar-refractivity contribution < 1.29 is 65.4 Å². The minimum absolute atomic E-state index is 0. The Balaban J connectivity index is -0.000000000333. The van der Waals surface area contributed by atoms with Gasteiger partial charge >= 0.3 is 0 Å². The van der Waals surface area contributed by atoms with E-state index in [0.717, 1.165) is 0 Å². The summed E-state index contributed by atoms with van der Waals surface area (Å²) in [6, 6.07) is 0. The SMILES string of the molecule is C.C.C.[CH2-]C.[CH3-].[Y].[Y]. The predicted octanol–water partition coefficient (Wildman–Crippen LogP) is 3.19. The molecule has 0 aliphatic carbocycles. The fourth-order valence-electron chi connectivity index (χ4n) is 0. The number of hydrogen-bond acceptors (Lipinski definition) is 0. The molecule has 0 aromatic rings. The van der Waals surface area contributed by atoms with Crippen molar-refractivity contribution in [2.45, 2.75) is 29.2 Å². The second kappa shape index (κ2) is 127. The van der Waals surface area contributed by atoms with Gasteiger partial charge in [0.2, 0.25) is 0 Å². The second-order valence-electron chi connectivity index (χ2n) is 0. The van der Waals surface area contributed by atoms with Gasteiger partial charge in [0, 0.05) is 65.4 Å². The van der Waals surface area contributed by atoms with Gasteiger partial charge in [-0.3, -0.25) is 0 Å². The van der Waals surface area contributed by atoms with Gasteiger partial charge in [-0.2, -0.15) is 6.92 Å². The Labute approximate surface area is 107 Å². The van der Waals surface area contributed by atoms with Crippen molar-refractivity contribution in [1.82, 2.24) is 0 Å². The molecule has 0 saturated heterocycles. The summed E-state index contributed by atoms with van der Waals surface area (Å²) in [7, 11) is 0. The van der Waals surface area contributed by atoms with Crippen LogP contribution >= 0.6 is 0 Å². The first kappa shape index (κ1) is 84.1. The van der Waals surface area contributed by atoms with Crippen molar-refractivity contribution in [2.75, 3.05) is 0 Å². The smallest absolute Gasteiger partial charge is 0 e. The van der Waals surface area contributed by atoms with E-state index in [2.05, 4.69) is 6.92 Å². The van der Waals surface area contributed by atoms with E-state index in [1.807, 2.05) is 0 Å². The van der Waals surface area contributed by atoms with Gasteiger partial charge in [0.15, 0.2) is 0 Å². The zero-order chi connectivity index (χ0) is 2.00. The molecule has 0 rings (SSSR count). The first-order chi connectivity index (χ1) is 1.00. The molecule has 0 heterocycles. The normalized spacial score (nSPS) is 0.750. The van der Waals surface area contributed by atoms with E-state index >= 15 is 0 Å². The summed E-state index contributed by atoms with van der Waals surface area (Å²) < 4.78 is 0. The van der Waals surface area contributed by atoms with E-state index in [0.29, 0.717) is 0 Å². The maximum atomic E-state index is 3.25. The van der Waals surface area contributed by atoms with Crippen LogP contribution in [-0.2, 0) is 65.4 Å². The van der Waals surface area contributed by atoms with Crippen LogP contribution in [0.4, 0.5) is 0 Å². The minimum atomic E-state index is 0. The van der Waals surface area contributed by atoms with E-state index in [4.69, 9.17) is 0 Å². The van der Waals surface area contributed by atoms with Crippen LogP contribution in [0.2, 0.25) is 0 Å². The summed E-state index contributed by atoms with van der Waals surface area (Å²) in [5.74, 6) is 0. The molecule has 8 heavy (non-hydrogen) atoms. The van der Waals surface area contributed by atoms with E-state index < -0.39 is 0 Å². The topological polar surface area (TPSA) is 0 Å². The van der Waals surface area contributed by atoms with Crippen LogP contribution in [0.3, 0.4) is 0 Å². The van der Waals surface area contributed by atoms with Gasteiger partial charge in [-0.05, 0) is 0 Å². The fourth-order valence-corrected chi connectivity index (χ4v) is 0. The molecule has 0 bridgehead atoms. The number of rotatable bonds is 0. The van der Waals surface area contributed by atoms with Crippen LogP contribution in [0.25, 0.3) is 0 Å². The zero-order valence-electron chi connectivity index (χ0n) is 3.86. The third kappa shape index (κ3) is 87.5. The largest absolute Gasteiger partial charge is 0.358 e. The Bertz CT molecular complexity index is 6.49. The van der Waals surface area contributed by atoms with Gasteiger partial charge in [-0.15, -0.1) is 0 Å². The Kier molecular flexibility index (Phi) is 1340. The summed E-state index contributed by atoms with van der Waals surface area (Å²) >= 11 is 0. The van der Waals surface area contributed by atoms with Crippen molar-refractivity contribution in [3.8, 4) is 0 Å². The van der Waals surface area contributed by atoms with Crippen LogP contribution < -0.4 is 0 Å². The summed E-state index contributed by atoms with van der Waals surface area (Å²) in [6.07, 6.45) is 0. The molecule has 52 valence electrons. The molecule has 0 nitrogen and oxygen atoms in total. The van der Waals surface area contributed by atoms with Crippen LogP contribution in [0.1, 0.15) is 29.2 Å². The third-order valence-corrected chi connectivity index (χ3v) is 0. The van der Waals surface area contributed by atoms with Gasteiger partial charge in [0.05, 0.1) is 0 Å². The van der Waals surface area contributed by atoms with Gasteiger partial charge < -0.3 is 14.4 Å². The van der Waals surface area contributed by atoms with Gasteiger partial charge in [-0.1, -0.05) is 22.3 Å². The summed E-state index contributed by atoms with van der Waals surface area (Å²) in [5, 5.41) is 0. The zero-order valence-corrected chi connectivity index (χ0v) is 9.54. The maximum Gasteiger partial charge on any atom is 0 e. The monoisotopic (exact) mass is 270 g/mol. The van der Waals surface area contributed by atoms with E-state index in [-0.39, 0.29) is 95.1 Å². The van der Waals surface area contributed by atoms with Crippen molar-refractivity contribution >= 4 is 0 Å². The van der Waals surface area contributed by atoms with Crippen molar-refractivity contribution in [3.63, 3.8) is 0 Å². The molecule has 0 aliphatic rings. The van der Waals surface area contributed by atoms with Crippen LogP contribution in [0.5, 0.6) is 0 Å². The molecule has 0 aromatic heterocycles. The number of hydrogen-bond donors (Lipinski definition) is 0. The molecular formula is C6H20Y2-2. The van der Waals surface area contributed by atoms with E-state index in [1.165, 1.54) is 0 Å². The Morgan fingerprint density at radius 1 is 0.750 bits per heavy atom. The molecule has 0 saturated carbocycles. The Morgan fingerprint density at radius 3 is 0.750 bits per heavy atom. The molecule has 0 atom stereocenters. The quantitative estimate of drug-likeness (QED) is 0.593. The molecular weight excluding hydrogens is 250 g/mol. The first-order valence-electron chi connectivity index (χ1n) is 0.707.